The molecule has 1 saturated carbocycles. The van der Waals surface area contributed by atoms with E-state index in [1.807, 2.05) is 0 Å². The van der Waals surface area contributed by atoms with Gasteiger partial charge in [0.15, 0.2) is 11.4 Å². The maximum Gasteiger partial charge on any atom is 0.255 e. The highest BCUT2D eigenvalue weighted by molar-refractivity contribution is 6.32. The number of amides is 1. The smallest absolute Gasteiger partial charge is 0.255 e. The zero-order chi connectivity index (χ0) is 23.9. The minimum atomic E-state index is -2.77. The highest BCUT2D eigenvalue weighted by Gasteiger charge is 2.65. The van der Waals surface area contributed by atoms with Crippen LogP contribution in [0.4, 0.5) is 0 Å². The van der Waals surface area contributed by atoms with Crippen molar-refractivity contribution in [3.05, 3.63) is 45.2 Å². The molecule has 0 radical (unpaired) electrons. The number of hydrogen-bond donors (Lipinski definition) is 6. The number of benzene rings is 1. The molecule has 5 atom stereocenters. The van der Waals surface area contributed by atoms with Crippen molar-refractivity contribution >= 4 is 47.2 Å². The number of aliphatic hydroxyl groups is 4. The Morgan fingerprint density at radius 3 is 2.36 bits per heavy atom. The number of aromatic hydroxyl groups is 1. The summed E-state index contributed by atoms with van der Waals surface area (Å²) in [6, 6.07) is 1.25. The molecule has 0 heterocycles. The molecule has 3 aliphatic rings. The molecule has 4 rings (SSSR count). The first-order chi connectivity index (χ1) is 14.8. The number of phenols is 1. The van der Waals surface area contributed by atoms with Crippen LogP contribution in [0.3, 0.4) is 0 Å². The number of aliphatic hydroxyl groups excluding tert-OH is 3. The number of nitrogens with two attached hydrogens (primary N) is 1. The number of carbonyl (C=O) groups excluding carboxylic acids is 3. The number of fused-ring (bicyclic) bond motifs is 3. The van der Waals surface area contributed by atoms with Gasteiger partial charge >= 0.3 is 0 Å². The van der Waals surface area contributed by atoms with Crippen molar-refractivity contribution in [3.63, 3.8) is 0 Å². The molecule has 5 unspecified atom stereocenters. The fraction of sp³-hybridized carbons (Fsp3) is 0.381. The minimum Gasteiger partial charge on any atom is -0.508 e. The van der Waals surface area contributed by atoms with Gasteiger partial charge in [0.05, 0.1) is 17.7 Å². The Bertz CT molecular complexity index is 1160. The van der Waals surface area contributed by atoms with Gasteiger partial charge in [-0.2, -0.15) is 0 Å². The van der Waals surface area contributed by atoms with E-state index >= 15 is 0 Å². The van der Waals surface area contributed by atoms with Crippen molar-refractivity contribution in [2.45, 2.75) is 24.2 Å². The maximum atomic E-state index is 13.6. The Morgan fingerprint density at radius 2 is 1.82 bits per heavy atom. The third kappa shape index (κ3) is 3.09. The van der Waals surface area contributed by atoms with Crippen molar-refractivity contribution in [2.75, 3.05) is 14.1 Å². The average Bonchev–Trinajstić information content (AvgIpc) is 2.69. The number of carbonyl (C=O) groups is 3. The predicted molar refractivity (Wildman–Crippen MR) is 118 cm³/mol. The summed E-state index contributed by atoms with van der Waals surface area (Å²) in [7, 11) is 2.97. The lowest BCUT2D eigenvalue weighted by Crippen LogP contribution is -2.66. The number of halogens is 2. The van der Waals surface area contributed by atoms with E-state index in [9.17, 15) is 39.9 Å². The quantitative estimate of drug-likeness (QED) is 0.315. The van der Waals surface area contributed by atoms with E-state index in [1.165, 1.54) is 31.1 Å². The molecule has 7 N–H and O–H groups in total. The molecular weight excluding hydrogens is 479 g/mol. The topological polar surface area (TPSA) is 182 Å². The van der Waals surface area contributed by atoms with E-state index in [1.54, 1.807) is 0 Å². The van der Waals surface area contributed by atoms with Crippen LogP contribution >= 0.6 is 24.0 Å². The van der Waals surface area contributed by atoms with Gasteiger partial charge in [-0.1, -0.05) is 11.6 Å². The second-order valence-corrected chi connectivity index (χ2v) is 8.87. The Kier molecular flexibility index (Phi) is 6.06. The lowest BCUT2D eigenvalue weighted by Gasteiger charge is -2.51. The van der Waals surface area contributed by atoms with Gasteiger partial charge in [-0.3, -0.25) is 19.3 Å². The summed E-state index contributed by atoms with van der Waals surface area (Å²) in [5, 5.41) is 54.4. The summed E-state index contributed by atoms with van der Waals surface area (Å²) < 4.78 is 0. The van der Waals surface area contributed by atoms with Crippen LogP contribution < -0.4 is 5.73 Å². The summed E-state index contributed by atoms with van der Waals surface area (Å²) in [5.74, 6) is -8.19. The van der Waals surface area contributed by atoms with E-state index in [0.29, 0.717) is 0 Å². The molecule has 0 bridgehead atoms. The number of nitrogens with zero attached hydrogens (tertiary/aromatic N) is 1. The van der Waals surface area contributed by atoms with E-state index < -0.39 is 75.5 Å². The molecule has 1 aromatic rings. The number of rotatable bonds is 2. The van der Waals surface area contributed by atoms with Crippen LogP contribution in [0.15, 0.2) is 29.0 Å². The summed E-state index contributed by atoms with van der Waals surface area (Å²) in [6.07, 6.45) is -1.70. The molecule has 1 aromatic carbocycles. The van der Waals surface area contributed by atoms with Gasteiger partial charge in [0.1, 0.15) is 22.8 Å². The van der Waals surface area contributed by atoms with Crippen LogP contribution in [-0.4, -0.2) is 73.6 Å². The highest BCUT2D eigenvalue weighted by Crippen LogP contribution is 2.56. The molecule has 3 aliphatic carbocycles. The lowest BCUT2D eigenvalue weighted by atomic mass is 9.57. The zero-order valence-corrected chi connectivity index (χ0v) is 19.0. The van der Waals surface area contributed by atoms with E-state index in [2.05, 4.69) is 0 Å². The summed E-state index contributed by atoms with van der Waals surface area (Å²) in [4.78, 5) is 39.8. The maximum absolute atomic E-state index is 13.6. The lowest BCUT2D eigenvalue weighted by molar-refractivity contribution is -0.155. The third-order valence-electron chi connectivity index (χ3n) is 6.64. The fourth-order valence-corrected chi connectivity index (χ4v) is 5.51. The number of Topliss-reactive ketones (excluding diaryl/α,β-unsaturated/α-hetero) is 2. The standard InChI is InChI=1S/C21H21ClN2O8.ClH/c1-24(2)14-7-5-6-10(16(27)12-9(25)4-3-8(22)11(12)15(6)26)18(29)21(7,32)19(30)13(17(14)28)20(23)31;/h3-4,6-7,14-15,25-27,30,32H,5H2,1-2H3,(H2,23,31);1H. The number of phenolic OH excluding ortho intramolecular Hbond substituents is 1. The first-order valence-electron chi connectivity index (χ1n) is 9.69. The molecule has 33 heavy (non-hydrogen) atoms. The van der Waals surface area contributed by atoms with Crippen molar-refractivity contribution in [1.82, 2.24) is 4.90 Å². The molecule has 1 amide bonds. The summed E-state index contributed by atoms with van der Waals surface area (Å²) >= 11 is 6.19. The van der Waals surface area contributed by atoms with Crippen LogP contribution in [0.1, 0.15) is 23.7 Å². The van der Waals surface area contributed by atoms with Gasteiger partial charge < -0.3 is 31.3 Å². The van der Waals surface area contributed by atoms with Gasteiger partial charge in [0.25, 0.3) is 5.91 Å². The van der Waals surface area contributed by atoms with Gasteiger partial charge in [0, 0.05) is 28.0 Å². The molecule has 0 aromatic heterocycles. The van der Waals surface area contributed by atoms with Crippen LogP contribution in [0.5, 0.6) is 5.75 Å². The SMILES string of the molecule is CN(C)C1C(=O)C(C(N)=O)=C(O)C2(O)C(=O)C3=C(O)c4c(O)ccc(Cl)c4C(O)C3CC12.Cl. The summed E-state index contributed by atoms with van der Waals surface area (Å²) in [6.45, 7) is 0. The van der Waals surface area contributed by atoms with Gasteiger partial charge in [-0.05, 0) is 32.6 Å². The number of likely N-dealkylation sites (N-methyl/N-ethyl adjacent to an activating group) is 1. The van der Waals surface area contributed by atoms with E-state index in [0.717, 1.165) is 0 Å². The first-order valence-corrected chi connectivity index (χ1v) is 10.1. The third-order valence-corrected chi connectivity index (χ3v) is 6.97. The monoisotopic (exact) mass is 500 g/mol. The first kappa shape index (κ1) is 25.0. The Balaban J connectivity index is 0.00000306. The van der Waals surface area contributed by atoms with Crippen molar-refractivity contribution < 1.29 is 39.9 Å². The van der Waals surface area contributed by atoms with Crippen LogP contribution in [-0.2, 0) is 14.4 Å². The predicted octanol–water partition coefficient (Wildman–Crippen LogP) is 0.530. The second kappa shape index (κ2) is 8.00. The van der Waals surface area contributed by atoms with Crippen molar-refractivity contribution in [1.29, 1.82) is 0 Å². The largest absolute Gasteiger partial charge is 0.508 e. The van der Waals surface area contributed by atoms with E-state index in [4.69, 9.17) is 17.3 Å². The van der Waals surface area contributed by atoms with Crippen molar-refractivity contribution in [3.8, 4) is 5.75 Å². The summed E-state index contributed by atoms with van der Waals surface area (Å²) in [5.41, 5.74) is 0.845. The van der Waals surface area contributed by atoms with Crippen LogP contribution in [0, 0.1) is 11.8 Å². The molecule has 10 nitrogen and oxygen atoms in total. The molecule has 0 aliphatic heterocycles. The van der Waals surface area contributed by atoms with E-state index in [-0.39, 0.29) is 35.0 Å². The van der Waals surface area contributed by atoms with Crippen molar-refractivity contribution in [2.24, 2.45) is 17.6 Å². The van der Waals surface area contributed by atoms with Gasteiger partial charge in [-0.15, -0.1) is 12.4 Å². The van der Waals surface area contributed by atoms with Crippen LogP contribution in [0.25, 0.3) is 5.76 Å². The highest BCUT2D eigenvalue weighted by atomic mass is 35.5. The fourth-order valence-electron chi connectivity index (χ4n) is 5.24. The zero-order valence-electron chi connectivity index (χ0n) is 17.4. The Hall–Kier alpha value is -2.63. The Morgan fingerprint density at radius 1 is 1.21 bits per heavy atom. The molecule has 1 fully saturated rings. The second-order valence-electron chi connectivity index (χ2n) is 8.47. The molecule has 0 saturated heterocycles. The number of primary amides is 1. The number of hydrogen-bond acceptors (Lipinski definition) is 9. The molecule has 178 valence electrons. The Labute approximate surface area is 199 Å². The minimum absolute atomic E-state index is 0. The molecule has 12 heteroatoms. The molecule has 0 spiro atoms. The van der Waals surface area contributed by atoms with Gasteiger partial charge in [-0.25, -0.2) is 0 Å². The number of ketones is 2. The normalized spacial score (nSPS) is 31.1. The van der Waals surface area contributed by atoms with Crippen LogP contribution in [0.2, 0.25) is 5.02 Å². The molecular formula is C21H22Cl2N2O8. The van der Waals surface area contributed by atoms with Gasteiger partial charge in [0.2, 0.25) is 5.78 Å². The average molecular weight is 501 g/mol.